The number of piperazine rings is 1. The summed E-state index contributed by atoms with van der Waals surface area (Å²) in [5.74, 6) is 2.62. The summed E-state index contributed by atoms with van der Waals surface area (Å²) >= 11 is 0. The SMILES string of the molecule is CN=C(NCC(=O)NC(C)(C)C)N1CCN(Cc2cc(OC)c(OC)c(OC)c2)CC1. The second-order valence-electron chi connectivity index (χ2n) is 8.50. The summed E-state index contributed by atoms with van der Waals surface area (Å²) in [6, 6.07) is 3.98. The molecule has 0 atom stereocenters. The van der Waals surface area contributed by atoms with Crippen molar-refractivity contribution in [2.24, 2.45) is 4.99 Å². The van der Waals surface area contributed by atoms with Crippen LogP contribution in [0.25, 0.3) is 0 Å². The van der Waals surface area contributed by atoms with E-state index in [1.54, 1.807) is 28.4 Å². The number of nitrogens with zero attached hydrogens (tertiary/aromatic N) is 3. The molecule has 174 valence electrons. The molecule has 1 aliphatic rings. The number of methoxy groups -OCH3 is 3. The van der Waals surface area contributed by atoms with Crippen LogP contribution in [-0.4, -0.2) is 88.3 Å². The molecule has 1 aliphatic heterocycles. The summed E-state index contributed by atoms with van der Waals surface area (Å²) in [7, 11) is 6.60. The van der Waals surface area contributed by atoms with E-state index in [-0.39, 0.29) is 18.0 Å². The highest BCUT2D eigenvalue weighted by Crippen LogP contribution is 2.38. The summed E-state index contributed by atoms with van der Waals surface area (Å²) < 4.78 is 16.3. The van der Waals surface area contributed by atoms with Gasteiger partial charge in [0.2, 0.25) is 11.7 Å². The monoisotopic (exact) mass is 435 g/mol. The number of ether oxygens (including phenoxy) is 3. The Hall–Kier alpha value is -2.68. The minimum absolute atomic E-state index is 0.0466. The maximum Gasteiger partial charge on any atom is 0.239 e. The predicted octanol–water partition coefficient (Wildman–Crippen LogP) is 1.32. The summed E-state index contributed by atoms with van der Waals surface area (Å²) in [6.45, 7) is 10.3. The van der Waals surface area contributed by atoms with Crippen LogP contribution in [0.4, 0.5) is 0 Å². The van der Waals surface area contributed by atoms with E-state index in [9.17, 15) is 4.79 Å². The molecule has 1 saturated heterocycles. The van der Waals surface area contributed by atoms with Gasteiger partial charge >= 0.3 is 0 Å². The van der Waals surface area contributed by atoms with Crippen molar-refractivity contribution in [1.82, 2.24) is 20.4 Å². The molecule has 0 spiro atoms. The van der Waals surface area contributed by atoms with Gasteiger partial charge in [0.15, 0.2) is 17.5 Å². The zero-order chi connectivity index (χ0) is 23.0. The Morgan fingerprint density at radius 3 is 2.06 bits per heavy atom. The van der Waals surface area contributed by atoms with Gasteiger partial charge in [0.1, 0.15) is 0 Å². The van der Waals surface area contributed by atoms with E-state index in [2.05, 4.69) is 25.4 Å². The van der Waals surface area contributed by atoms with Crippen molar-refractivity contribution in [1.29, 1.82) is 0 Å². The summed E-state index contributed by atoms with van der Waals surface area (Å²) in [6.07, 6.45) is 0. The van der Waals surface area contributed by atoms with Crippen LogP contribution in [0.5, 0.6) is 17.2 Å². The first-order valence-corrected chi connectivity index (χ1v) is 10.5. The van der Waals surface area contributed by atoms with Crippen molar-refractivity contribution in [3.63, 3.8) is 0 Å². The van der Waals surface area contributed by atoms with Crippen molar-refractivity contribution in [2.75, 3.05) is 61.1 Å². The number of carbonyl (C=O) groups excluding carboxylic acids is 1. The number of nitrogens with one attached hydrogen (secondary N) is 2. The van der Waals surface area contributed by atoms with Gasteiger partial charge in [-0.1, -0.05) is 0 Å². The molecule has 9 nitrogen and oxygen atoms in total. The highest BCUT2D eigenvalue weighted by atomic mass is 16.5. The number of amides is 1. The van der Waals surface area contributed by atoms with Crippen molar-refractivity contribution in [2.45, 2.75) is 32.9 Å². The zero-order valence-corrected chi connectivity index (χ0v) is 19.9. The number of carbonyl (C=O) groups is 1. The van der Waals surface area contributed by atoms with E-state index in [1.165, 1.54) is 0 Å². The Balaban J connectivity index is 1.91. The summed E-state index contributed by atoms with van der Waals surface area (Å²) in [4.78, 5) is 21.0. The second kappa shape index (κ2) is 11.1. The number of benzene rings is 1. The fourth-order valence-electron chi connectivity index (χ4n) is 3.56. The molecule has 0 saturated carbocycles. The van der Waals surface area contributed by atoms with Crippen LogP contribution in [-0.2, 0) is 11.3 Å². The predicted molar refractivity (Wildman–Crippen MR) is 122 cm³/mol. The average molecular weight is 436 g/mol. The van der Waals surface area contributed by atoms with Gasteiger partial charge in [-0.2, -0.15) is 0 Å². The molecule has 1 aromatic carbocycles. The van der Waals surface area contributed by atoms with Crippen molar-refractivity contribution < 1.29 is 19.0 Å². The average Bonchev–Trinajstić information content (AvgIpc) is 2.73. The third kappa shape index (κ3) is 7.20. The van der Waals surface area contributed by atoms with E-state index >= 15 is 0 Å². The molecule has 2 N–H and O–H groups in total. The minimum Gasteiger partial charge on any atom is -0.493 e. The molecule has 0 radical (unpaired) electrons. The fraction of sp³-hybridized carbons (Fsp3) is 0.636. The van der Waals surface area contributed by atoms with Crippen molar-refractivity contribution in [3.05, 3.63) is 17.7 Å². The van der Waals surface area contributed by atoms with E-state index in [4.69, 9.17) is 14.2 Å². The molecule has 1 heterocycles. The highest BCUT2D eigenvalue weighted by molar-refractivity contribution is 5.86. The standard InChI is InChI=1S/C22H37N5O4/c1-22(2,3)25-19(28)14-24-21(23-4)27-10-8-26(9-11-27)15-16-12-17(29-5)20(31-7)18(13-16)30-6/h12-13H,8-11,14-15H2,1-7H3,(H,23,24)(H,25,28). The van der Waals surface area contributed by atoms with Gasteiger partial charge in [-0.15, -0.1) is 0 Å². The lowest BCUT2D eigenvalue weighted by molar-refractivity contribution is -0.121. The highest BCUT2D eigenvalue weighted by Gasteiger charge is 2.22. The normalized spacial score (nSPS) is 15.5. The lowest BCUT2D eigenvalue weighted by Gasteiger charge is -2.36. The van der Waals surface area contributed by atoms with Crippen LogP contribution >= 0.6 is 0 Å². The van der Waals surface area contributed by atoms with Crippen LogP contribution in [0.2, 0.25) is 0 Å². The summed E-state index contributed by atoms with van der Waals surface area (Å²) in [5.41, 5.74) is 0.852. The number of aliphatic imine (C=N–C) groups is 1. The van der Waals surface area contributed by atoms with Gasteiger partial charge in [0, 0.05) is 45.3 Å². The van der Waals surface area contributed by atoms with E-state index < -0.39 is 0 Å². The molecule has 0 bridgehead atoms. The molecule has 31 heavy (non-hydrogen) atoms. The van der Waals surface area contributed by atoms with Crippen molar-refractivity contribution >= 4 is 11.9 Å². The molecule has 0 aromatic heterocycles. The van der Waals surface area contributed by atoms with Gasteiger partial charge in [-0.05, 0) is 38.5 Å². The fourth-order valence-corrected chi connectivity index (χ4v) is 3.56. The van der Waals surface area contributed by atoms with Gasteiger partial charge in [0.25, 0.3) is 0 Å². The van der Waals surface area contributed by atoms with Crippen LogP contribution in [0.15, 0.2) is 17.1 Å². The van der Waals surface area contributed by atoms with Crippen LogP contribution in [0.3, 0.4) is 0 Å². The smallest absolute Gasteiger partial charge is 0.239 e. The number of rotatable bonds is 7. The third-order valence-corrected chi connectivity index (χ3v) is 4.94. The van der Waals surface area contributed by atoms with E-state index in [1.807, 2.05) is 32.9 Å². The molecule has 2 rings (SSSR count). The minimum atomic E-state index is -0.249. The Morgan fingerprint density at radius 2 is 1.61 bits per heavy atom. The molecular weight excluding hydrogens is 398 g/mol. The maximum absolute atomic E-state index is 12.1. The number of hydrogen-bond acceptors (Lipinski definition) is 6. The molecule has 0 aliphatic carbocycles. The Bertz CT molecular complexity index is 743. The molecule has 9 heteroatoms. The first-order valence-electron chi connectivity index (χ1n) is 10.5. The molecule has 0 unspecified atom stereocenters. The molecule has 1 amide bonds. The van der Waals surface area contributed by atoms with Gasteiger partial charge in [0.05, 0.1) is 27.9 Å². The van der Waals surface area contributed by atoms with Crippen LogP contribution in [0, 0.1) is 0 Å². The quantitative estimate of drug-likeness (QED) is 0.493. The Labute approximate surface area is 185 Å². The first-order chi connectivity index (χ1) is 14.7. The molecule has 1 aromatic rings. The largest absolute Gasteiger partial charge is 0.493 e. The lowest BCUT2D eigenvalue weighted by Crippen LogP contribution is -2.54. The Kier molecular flexibility index (Phi) is 8.79. The number of guanidine groups is 1. The zero-order valence-electron chi connectivity index (χ0n) is 19.9. The van der Waals surface area contributed by atoms with Crippen LogP contribution in [0.1, 0.15) is 26.3 Å². The summed E-state index contributed by atoms with van der Waals surface area (Å²) in [5, 5.41) is 6.12. The van der Waals surface area contributed by atoms with Gasteiger partial charge < -0.3 is 29.7 Å². The Morgan fingerprint density at radius 1 is 1.03 bits per heavy atom. The van der Waals surface area contributed by atoms with E-state index in [0.717, 1.165) is 44.2 Å². The van der Waals surface area contributed by atoms with Gasteiger partial charge in [-0.3, -0.25) is 14.7 Å². The topological polar surface area (TPSA) is 87.7 Å². The molecular formula is C22H37N5O4. The van der Waals surface area contributed by atoms with Crippen LogP contribution < -0.4 is 24.8 Å². The van der Waals surface area contributed by atoms with E-state index in [0.29, 0.717) is 17.2 Å². The molecule has 1 fully saturated rings. The second-order valence-corrected chi connectivity index (χ2v) is 8.50. The first kappa shape index (κ1) is 24.6. The third-order valence-electron chi connectivity index (χ3n) is 4.94. The van der Waals surface area contributed by atoms with Gasteiger partial charge in [-0.25, -0.2) is 0 Å². The number of hydrogen-bond donors (Lipinski definition) is 2. The lowest BCUT2D eigenvalue weighted by atomic mass is 10.1. The maximum atomic E-state index is 12.1. The van der Waals surface area contributed by atoms with Crippen molar-refractivity contribution in [3.8, 4) is 17.2 Å².